The van der Waals surface area contributed by atoms with Gasteiger partial charge in [0.25, 0.3) is 8.32 Å². The van der Waals surface area contributed by atoms with Crippen molar-refractivity contribution in [2.75, 3.05) is 0 Å². The van der Waals surface area contributed by atoms with Crippen molar-refractivity contribution in [3.8, 4) is 0 Å². The third-order valence-electron chi connectivity index (χ3n) is 5.15. The first kappa shape index (κ1) is 14.4. The highest BCUT2D eigenvalue weighted by molar-refractivity contribution is 6.75. The summed E-state index contributed by atoms with van der Waals surface area (Å²) in [6.45, 7) is 14.0. The fourth-order valence-electron chi connectivity index (χ4n) is 2.45. The molecule has 0 fully saturated rings. The van der Waals surface area contributed by atoms with Crippen molar-refractivity contribution in [1.82, 2.24) is 0 Å². The standard InChI is InChI=1S/C17H26OSi/c1-13(2)17(3,4)19(5,6)18-16-12-11-14-9-7-8-10-15(14)16/h7-10,12-13H,11H2,1-6H3. The fourth-order valence-corrected chi connectivity index (χ4v) is 4.85. The van der Waals surface area contributed by atoms with Crippen LogP contribution in [0, 0.1) is 5.92 Å². The minimum atomic E-state index is -1.80. The Balaban J connectivity index is 2.24. The molecule has 0 atom stereocenters. The molecule has 0 spiro atoms. The van der Waals surface area contributed by atoms with Gasteiger partial charge in [0, 0.05) is 5.56 Å². The normalized spacial score (nSPS) is 15.4. The number of fused-ring (bicyclic) bond motifs is 1. The van der Waals surface area contributed by atoms with E-state index in [1.54, 1.807) is 0 Å². The van der Waals surface area contributed by atoms with Crippen LogP contribution in [0.2, 0.25) is 18.1 Å². The molecule has 1 aromatic rings. The minimum absolute atomic E-state index is 0.255. The lowest BCUT2D eigenvalue weighted by Gasteiger charge is -2.42. The average Bonchev–Trinajstić information content (AvgIpc) is 2.72. The van der Waals surface area contributed by atoms with Gasteiger partial charge in [-0.2, -0.15) is 0 Å². The summed E-state index contributed by atoms with van der Waals surface area (Å²) in [6.07, 6.45) is 3.26. The molecule has 1 aliphatic carbocycles. The van der Waals surface area contributed by atoms with Crippen LogP contribution in [0.1, 0.15) is 38.8 Å². The lowest BCUT2D eigenvalue weighted by molar-refractivity contribution is 0.378. The zero-order valence-corrected chi connectivity index (χ0v) is 14.1. The lowest BCUT2D eigenvalue weighted by atomic mass is 9.99. The summed E-state index contributed by atoms with van der Waals surface area (Å²) in [7, 11) is -1.80. The second-order valence-corrected chi connectivity index (χ2v) is 11.4. The van der Waals surface area contributed by atoms with Gasteiger partial charge in [-0.3, -0.25) is 0 Å². The topological polar surface area (TPSA) is 9.23 Å². The van der Waals surface area contributed by atoms with E-state index in [1.165, 1.54) is 11.1 Å². The van der Waals surface area contributed by atoms with Gasteiger partial charge in [-0.15, -0.1) is 0 Å². The van der Waals surface area contributed by atoms with Crippen molar-refractivity contribution in [2.45, 2.75) is 52.2 Å². The zero-order valence-electron chi connectivity index (χ0n) is 13.1. The van der Waals surface area contributed by atoms with E-state index >= 15 is 0 Å². The van der Waals surface area contributed by atoms with Crippen LogP contribution in [0.15, 0.2) is 30.3 Å². The van der Waals surface area contributed by atoms with Crippen LogP contribution in [-0.2, 0) is 10.8 Å². The molecule has 0 unspecified atom stereocenters. The lowest BCUT2D eigenvalue weighted by Crippen LogP contribution is -2.44. The Morgan fingerprint density at radius 3 is 2.42 bits per heavy atom. The molecule has 0 N–H and O–H groups in total. The van der Waals surface area contributed by atoms with Crippen LogP contribution in [0.25, 0.3) is 5.76 Å². The molecule has 0 bridgehead atoms. The van der Waals surface area contributed by atoms with Crippen molar-refractivity contribution in [2.24, 2.45) is 5.92 Å². The highest BCUT2D eigenvalue weighted by Crippen LogP contribution is 2.47. The van der Waals surface area contributed by atoms with E-state index in [9.17, 15) is 0 Å². The molecule has 0 aliphatic heterocycles. The first-order chi connectivity index (χ1) is 8.75. The third-order valence-corrected chi connectivity index (χ3v) is 9.56. The molecule has 1 nitrogen and oxygen atoms in total. The molecule has 0 radical (unpaired) electrons. The van der Waals surface area contributed by atoms with E-state index in [0.29, 0.717) is 5.92 Å². The fraction of sp³-hybridized carbons (Fsp3) is 0.529. The Kier molecular flexibility index (Phi) is 3.65. The van der Waals surface area contributed by atoms with Crippen LogP contribution in [0.4, 0.5) is 0 Å². The van der Waals surface area contributed by atoms with Crippen molar-refractivity contribution >= 4 is 14.1 Å². The van der Waals surface area contributed by atoms with Gasteiger partial charge < -0.3 is 4.43 Å². The summed E-state index contributed by atoms with van der Waals surface area (Å²) < 4.78 is 6.55. The van der Waals surface area contributed by atoms with Gasteiger partial charge in [-0.25, -0.2) is 0 Å². The minimum Gasteiger partial charge on any atom is -0.543 e. The Morgan fingerprint density at radius 2 is 1.79 bits per heavy atom. The van der Waals surface area contributed by atoms with E-state index in [0.717, 1.165) is 12.2 Å². The van der Waals surface area contributed by atoms with Crippen molar-refractivity contribution in [3.05, 3.63) is 41.5 Å². The SMILES string of the molecule is CC(C)C(C)(C)[Si](C)(C)OC1=CCc2ccccc21. The number of hydrogen-bond donors (Lipinski definition) is 0. The Hall–Kier alpha value is -1.02. The van der Waals surface area contributed by atoms with Crippen LogP contribution in [0.3, 0.4) is 0 Å². The van der Waals surface area contributed by atoms with Gasteiger partial charge in [0.2, 0.25) is 0 Å². The first-order valence-electron chi connectivity index (χ1n) is 7.23. The van der Waals surface area contributed by atoms with Gasteiger partial charge in [0.15, 0.2) is 0 Å². The van der Waals surface area contributed by atoms with Gasteiger partial charge in [-0.1, -0.05) is 52.0 Å². The largest absolute Gasteiger partial charge is 0.543 e. The quantitative estimate of drug-likeness (QED) is 0.682. The number of benzene rings is 1. The van der Waals surface area contributed by atoms with Crippen molar-refractivity contribution in [3.63, 3.8) is 0 Å². The maximum absolute atomic E-state index is 6.55. The molecule has 0 amide bonds. The summed E-state index contributed by atoms with van der Waals surface area (Å²) >= 11 is 0. The summed E-state index contributed by atoms with van der Waals surface area (Å²) in [5.74, 6) is 1.74. The maximum atomic E-state index is 6.55. The average molecular weight is 274 g/mol. The highest BCUT2D eigenvalue weighted by atomic mass is 28.4. The molecule has 104 valence electrons. The third kappa shape index (κ3) is 2.51. The van der Waals surface area contributed by atoms with E-state index in [4.69, 9.17) is 4.43 Å². The molecule has 1 aromatic carbocycles. The molecule has 1 aliphatic rings. The second-order valence-electron chi connectivity index (χ2n) is 6.92. The summed E-state index contributed by atoms with van der Waals surface area (Å²) in [6, 6.07) is 8.59. The molecule has 0 saturated heterocycles. The smallest absolute Gasteiger partial charge is 0.251 e. The van der Waals surface area contributed by atoms with E-state index < -0.39 is 8.32 Å². The Morgan fingerprint density at radius 1 is 1.16 bits per heavy atom. The van der Waals surface area contributed by atoms with Gasteiger partial charge >= 0.3 is 0 Å². The molecule has 0 saturated carbocycles. The number of allylic oxidation sites excluding steroid dienone is 1. The van der Waals surface area contributed by atoms with Crippen molar-refractivity contribution < 1.29 is 4.43 Å². The number of rotatable bonds is 4. The van der Waals surface area contributed by atoms with Gasteiger partial charge in [0.1, 0.15) is 5.76 Å². The van der Waals surface area contributed by atoms with Crippen LogP contribution in [0.5, 0.6) is 0 Å². The zero-order chi connectivity index (χ0) is 14.3. The molecule has 19 heavy (non-hydrogen) atoms. The van der Waals surface area contributed by atoms with Gasteiger partial charge in [-0.05, 0) is 42.1 Å². The molecule has 2 heteroatoms. The van der Waals surface area contributed by atoms with E-state index in [1.807, 2.05) is 0 Å². The molecule has 0 aromatic heterocycles. The summed E-state index contributed by atoms with van der Waals surface area (Å²) in [5.41, 5.74) is 2.69. The molecule has 2 rings (SSSR count). The predicted molar refractivity (Wildman–Crippen MR) is 85.6 cm³/mol. The van der Waals surface area contributed by atoms with Crippen LogP contribution in [-0.4, -0.2) is 8.32 Å². The predicted octanol–water partition coefficient (Wildman–Crippen LogP) is 5.24. The Labute approximate surface area is 118 Å². The molecule has 0 heterocycles. The summed E-state index contributed by atoms with van der Waals surface area (Å²) in [5, 5.41) is 0.255. The van der Waals surface area contributed by atoms with Crippen LogP contribution >= 0.6 is 0 Å². The molecular weight excluding hydrogens is 248 g/mol. The van der Waals surface area contributed by atoms with Crippen molar-refractivity contribution in [1.29, 1.82) is 0 Å². The maximum Gasteiger partial charge on any atom is 0.251 e. The first-order valence-corrected chi connectivity index (χ1v) is 10.1. The van der Waals surface area contributed by atoms with E-state index in [-0.39, 0.29) is 5.04 Å². The van der Waals surface area contributed by atoms with Crippen LogP contribution < -0.4 is 0 Å². The monoisotopic (exact) mass is 274 g/mol. The second kappa shape index (κ2) is 4.82. The summed E-state index contributed by atoms with van der Waals surface area (Å²) in [4.78, 5) is 0. The Bertz CT molecular complexity index is 498. The highest BCUT2D eigenvalue weighted by Gasteiger charge is 2.45. The molecular formula is C17H26OSi. The van der Waals surface area contributed by atoms with E-state index in [2.05, 4.69) is 71.1 Å². The number of hydrogen-bond acceptors (Lipinski definition) is 1. The van der Waals surface area contributed by atoms with Gasteiger partial charge in [0.05, 0.1) is 0 Å².